The molecule has 0 amide bonds. The third kappa shape index (κ3) is 4.39. The molecule has 0 aliphatic carbocycles. The third-order valence-corrected chi connectivity index (χ3v) is 5.76. The van der Waals surface area contributed by atoms with Crippen molar-refractivity contribution in [2.75, 3.05) is 18.2 Å². The third-order valence-electron chi connectivity index (χ3n) is 5.76. The maximum Gasteiger partial charge on any atom is 0.266 e. The van der Waals surface area contributed by atoms with Crippen LogP contribution < -0.4 is 21.3 Å². The molecule has 182 valence electrons. The topological polar surface area (TPSA) is 158 Å². The van der Waals surface area contributed by atoms with Gasteiger partial charge in [-0.15, -0.1) is 5.10 Å². The van der Waals surface area contributed by atoms with E-state index in [9.17, 15) is 10.1 Å². The highest BCUT2D eigenvalue weighted by atomic mass is 16.5. The lowest BCUT2D eigenvalue weighted by atomic mass is 10.0. The van der Waals surface area contributed by atoms with Gasteiger partial charge in [-0.2, -0.15) is 15.3 Å². The molecular formula is C26H21N9O2. The molecule has 0 unspecified atom stereocenters. The Morgan fingerprint density at radius 3 is 2.68 bits per heavy atom. The molecule has 0 radical (unpaired) electrons. The van der Waals surface area contributed by atoms with Crippen molar-refractivity contribution in [1.29, 1.82) is 5.26 Å². The van der Waals surface area contributed by atoms with E-state index in [1.54, 1.807) is 22.9 Å². The summed E-state index contributed by atoms with van der Waals surface area (Å²) in [6, 6.07) is 17.9. The first kappa shape index (κ1) is 23.4. The predicted octanol–water partition coefficient (Wildman–Crippen LogP) is 3.27. The number of benzene rings is 2. The van der Waals surface area contributed by atoms with Crippen LogP contribution in [-0.4, -0.2) is 36.8 Å². The largest absolute Gasteiger partial charge is 0.480 e. The minimum atomic E-state index is -0.537. The molecule has 11 nitrogen and oxygen atoms in total. The number of fused-ring (bicyclic) bond motifs is 1. The smallest absolute Gasteiger partial charge is 0.266 e. The number of anilines is 2. The quantitative estimate of drug-likeness (QED) is 0.361. The lowest BCUT2D eigenvalue weighted by Crippen LogP contribution is -2.28. The number of aromatic nitrogens is 6. The Labute approximate surface area is 211 Å². The number of nitrogens with one attached hydrogen (secondary N) is 1. The Hall–Kier alpha value is -5.37. The Balaban J connectivity index is 1.74. The Morgan fingerprint density at radius 2 is 1.92 bits per heavy atom. The number of rotatable bonds is 6. The second-order valence-electron chi connectivity index (χ2n) is 8.10. The Bertz CT molecular complexity index is 1710. The lowest BCUT2D eigenvalue weighted by Gasteiger charge is -2.21. The van der Waals surface area contributed by atoms with Gasteiger partial charge in [0.2, 0.25) is 11.8 Å². The van der Waals surface area contributed by atoms with Gasteiger partial charge in [0.25, 0.3) is 5.56 Å². The molecule has 1 atom stereocenters. The number of hydrogen-bond acceptors (Lipinski definition) is 10. The lowest BCUT2D eigenvalue weighted by molar-refractivity contribution is 0.392. The van der Waals surface area contributed by atoms with Gasteiger partial charge in [-0.05, 0) is 30.7 Å². The molecule has 0 bridgehead atoms. The zero-order valence-electron chi connectivity index (χ0n) is 20.0. The first-order valence-electron chi connectivity index (χ1n) is 11.3. The minimum Gasteiger partial charge on any atom is -0.480 e. The first-order chi connectivity index (χ1) is 18.0. The molecule has 3 heterocycles. The summed E-state index contributed by atoms with van der Waals surface area (Å²) < 4.78 is 6.77. The molecule has 5 aromatic rings. The van der Waals surface area contributed by atoms with Crippen molar-refractivity contribution in [1.82, 2.24) is 29.7 Å². The number of para-hydroxylation sites is 1. The van der Waals surface area contributed by atoms with E-state index in [4.69, 9.17) is 15.5 Å². The average Bonchev–Trinajstić information content (AvgIpc) is 2.93. The van der Waals surface area contributed by atoms with Crippen molar-refractivity contribution in [2.45, 2.75) is 13.0 Å². The van der Waals surface area contributed by atoms with Crippen molar-refractivity contribution in [2.24, 2.45) is 0 Å². The van der Waals surface area contributed by atoms with Crippen LogP contribution in [0.15, 0.2) is 71.8 Å². The summed E-state index contributed by atoms with van der Waals surface area (Å²) in [7, 11) is 1.50. The molecule has 0 aliphatic heterocycles. The van der Waals surface area contributed by atoms with E-state index in [0.717, 1.165) is 0 Å². The molecule has 5 rings (SSSR count). The molecule has 0 aliphatic rings. The van der Waals surface area contributed by atoms with Crippen LogP contribution >= 0.6 is 0 Å². The van der Waals surface area contributed by atoms with E-state index >= 15 is 0 Å². The minimum absolute atomic E-state index is 0.0200. The van der Waals surface area contributed by atoms with Gasteiger partial charge >= 0.3 is 0 Å². The highest BCUT2D eigenvalue weighted by Gasteiger charge is 2.21. The van der Waals surface area contributed by atoms with Crippen LogP contribution in [0.1, 0.15) is 24.4 Å². The monoisotopic (exact) mass is 491 g/mol. The number of ether oxygens (including phenoxy) is 1. The van der Waals surface area contributed by atoms with Crippen LogP contribution in [-0.2, 0) is 0 Å². The van der Waals surface area contributed by atoms with Crippen molar-refractivity contribution >= 4 is 22.7 Å². The molecular weight excluding hydrogens is 470 g/mol. The van der Waals surface area contributed by atoms with E-state index in [1.165, 1.54) is 13.3 Å². The van der Waals surface area contributed by atoms with Crippen LogP contribution in [0.4, 0.5) is 11.8 Å². The summed E-state index contributed by atoms with van der Waals surface area (Å²) in [6.07, 6.45) is 2.92. The van der Waals surface area contributed by atoms with E-state index in [-0.39, 0.29) is 22.9 Å². The molecule has 11 heteroatoms. The fourth-order valence-electron chi connectivity index (χ4n) is 4.06. The van der Waals surface area contributed by atoms with Gasteiger partial charge in [0.05, 0.1) is 42.1 Å². The number of nitrogen functional groups attached to an aromatic ring is 1. The molecule has 3 aromatic heterocycles. The van der Waals surface area contributed by atoms with Gasteiger partial charge < -0.3 is 15.8 Å². The summed E-state index contributed by atoms with van der Waals surface area (Å²) in [5.74, 6) is 1.02. The summed E-state index contributed by atoms with van der Waals surface area (Å²) in [5, 5.41) is 21.0. The summed E-state index contributed by atoms with van der Waals surface area (Å²) in [6.45, 7) is 1.83. The average molecular weight is 492 g/mol. The predicted molar refractivity (Wildman–Crippen MR) is 138 cm³/mol. The zero-order valence-corrected chi connectivity index (χ0v) is 20.0. The van der Waals surface area contributed by atoms with Gasteiger partial charge in [0.15, 0.2) is 0 Å². The van der Waals surface area contributed by atoms with Crippen molar-refractivity contribution in [3.8, 4) is 28.8 Å². The number of methoxy groups -OCH3 is 1. The van der Waals surface area contributed by atoms with Gasteiger partial charge in [-0.3, -0.25) is 9.36 Å². The standard InChI is InChI=1S/C26H21N9O2/c1-15(31-23-17(12-27)13-29-26(28)33-23)24-32-20-10-6-9-19(16-11-21(37-2)34-30-14-16)22(20)25(36)35(24)18-7-4-3-5-8-18/h3-11,13-15H,1-2H3,(H3,28,29,31,33)/t15-/m0/s1. The van der Waals surface area contributed by atoms with E-state index < -0.39 is 6.04 Å². The molecule has 0 fully saturated rings. The van der Waals surface area contributed by atoms with Crippen LogP contribution in [0.2, 0.25) is 0 Å². The van der Waals surface area contributed by atoms with Crippen LogP contribution in [0.25, 0.3) is 27.7 Å². The maximum atomic E-state index is 14.2. The van der Waals surface area contributed by atoms with Crippen LogP contribution in [0.5, 0.6) is 5.88 Å². The fourth-order valence-corrected chi connectivity index (χ4v) is 4.06. The normalized spacial score (nSPS) is 11.6. The van der Waals surface area contributed by atoms with E-state index in [0.29, 0.717) is 39.4 Å². The van der Waals surface area contributed by atoms with Crippen LogP contribution in [0, 0.1) is 11.3 Å². The van der Waals surface area contributed by atoms with E-state index in [1.807, 2.05) is 55.5 Å². The second kappa shape index (κ2) is 9.71. The zero-order chi connectivity index (χ0) is 25.9. The first-order valence-corrected chi connectivity index (χ1v) is 11.3. The van der Waals surface area contributed by atoms with Gasteiger partial charge in [0.1, 0.15) is 23.3 Å². The molecule has 37 heavy (non-hydrogen) atoms. The van der Waals surface area contributed by atoms with Gasteiger partial charge in [0, 0.05) is 11.6 Å². The van der Waals surface area contributed by atoms with Crippen molar-refractivity contribution in [3.05, 3.63) is 88.7 Å². The highest BCUT2D eigenvalue weighted by molar-refractivity contribution is 5.94. The molecule has 0 saturated carbocycles. The highest BCUT2D eigenvalue weighted by Crippen LogP contribution is 2.29. The maximum absolute atomic E-state index is 14.2. The molecule has 3 N–H and O–H groups in total. The van der Waals surface area contributed by atoms with Crippen molar-refractivity contribution in [3.63, 3.8) is 0 Å². The summed E-state index contributed by atoms with van der Waals surface area (Å²) in [5.41, 5.74) is 8.15. The Kier molecular flexibility index (Phi) is 6.13. The number of hydrogen-bond donors (Lipinski definition) is 2. The van der Waals surface area contributed by atoms with Crippen molar-refractivity contribution < 1.29 is 4.74 Å². The van der Waals surface area contributed by atoms with Gasteiger partial charge in [-0.1, -0.05) is 30.3 Å². The summed E-state index contributed by atoms with van der Waals surface area (Å²) in [4.78, 5) is 27.1. The SMILES string of the molecule is COc1cc(-c2cccc3nc([C@H](C)Nc4nc(N)ncc4C#N)n(-c4ccccc4)c(=O)c23)cnn1. The van der Waals surface area contributed by atoms with Gasteiger partial charge in [-0.25, -0.2) is 9.97 Å². The number of nitrogens with two attached hydrogens (primary N) is 1. The number of nitrogens with zero attached hydrogens (tertiary/aromatic N) is 7. The molecule has 0 saturated heterocycles. The molecule has 0 spiro atoms. The summed E-state index contributed by atoms with van der Waals surface area (Å²) >= 11 is 0. The second-order valence-corrected chi connectivity index (χ2v) is 8.10. The number of nitriles is 1. The van der Waals surface area contributed by atoms with E-state index in [2.05, 4.69) is 25.5 Å². The van der Waals surface area contributed by atoms with Crippen LogP contribution in [0.3, 0.4) is 0 Å². The fraction of sp³-hybridized carbons (Fsp3) is 0.115. The molecule has 2 aromatic carbocycles. The Morgan fingerprint density at radius 1 is 1.11 bits per heavy atom.